The van der Waals surface area contributed by atoms with Crippen LogP contribution in [0, 0.1) is 17.7 Å². The van der Waals surface area contributed by atoms with Gasteiger partial charge in [0.2, 0.25) is 23.6 Å². The Morgan fingerprint density at radius 2 is 1.62 bits per heavy atom. The second-order valence-electron chi connectivity index (χ2n) is 13.3. The van der Waals surface area contributed by atoms with Crippen molar-refractivity contribution in [3.63, 3.8) is 0 Å². The number of amides is 4. The molecule has 1 aromatic heterocycles. The monoisotopic (exact) mass is 742 g/mol. The molecule has 2 heterocycles. The number of likely N-dealkylation sites (N-methyl/N-ethyl adjacent to an activating group) is 1. The Kier molecular flexibility index (Phi) is 13.2. The van der Waals surface area contributed by atoms with Crippen LogP contribution in [0.2, 0.25) is 0 Å². The lowest BCUT2D eigenvalue weighted by atomic mass is 9.77. The van der Waals surface area contributed by atoms with Crippen LogP contribution >= 0.6 is 0 Å². The van der Waals surface area contributed by atoms with E-state index in [4.69, 9.17) is 4.74 Å². The maximum atomic E-state index is 15.6. The van der Waals surface area contributed by atoms with Crippen LogP contribution in [-0.4, -0.2) is 97.0 Å². The Balaban J connectivity index is 1.55. The Bertz CT molecular complexity index is 1580. The number of carbonyl (C=O) groups is 4. The molecule has 1 saturated heterocycles. The van der Waals surface area contributed by atoms with Gasteiger partial charge in [-0.1, -0.05) is 19.9 Å². The summed E-state index contributed by atoms with van der Waals surface area (Å²) in [6, 6.07) is 2.93. The summed E-state index contributed by atoms with van der Waals surface area (Å²) in [5.74, 6) is -12.2. The van der Waals surface area contributed by atoms with Crippen molar-refractivity contribution < 1.29 is 50.3 Å². The van der Waals surface area contributed by atoms with Crippen molar-refractivity contribution in [2.45, 2.75) is 76.1 Å². The Morgan fingerprint density at radius 3 is 2.15 bits per heavy atom. The largest absolute Gasteiger partial charge is 0.481 e. The molecule has 0 radical (unpaired) electrons. The van der Waals surface area contributed by atoms with Crippen LogP contribution in [-0.2, 0) is 25.1 Å². The summed E-state index contributed by atoms with van der Waals surface area (Å²) < 4.78 is 91.2. The number of nitrogens with one attached hydrogen (secondary N) is 3. The van der Waals surface area contributed by atoms with Crippen LogP contribution < -0.4 is 20.7 Å². The third-order valence-corrected chi connectivity index (χ3v) is 9.86. The number of carbonyl (C=O) groups excluding carboxylic acids is 4. The number of hydrogen-bond acceptors (Lipinski definition) is 7. The molecule has 3 N–H and O–H groups in total. The maximum absolute atomic E-state index is 15.6. The maximum Gasteiger partial charge on any atom is 0.391 e. The zero-order chi connectivity index (χ0) is 38.4. The highest BCUT2D eigenvalue weighted by Crippen LogP contribution is 2.41. The van der Waals surface area contributed by atoms with E-state index in [1.807, 2.05) is 12.4 Å². The van der Waals surface area contributed by atoms with Crippen LogP contribution in [0.4, 0.5) is 32.0 Å². The number of piperazine rings is 1. The number of aromatic nitrogens is 1. The number of pyridine rings is 1. The third-order valence-electron chi connectivity index (χ3n) is 9.86. The van der Waals surface area contributed by atoms with Gasteiger partial charge < -0.3 is 30.5 Å². The highest BCUT2D eigenvalue weighted by Gasteiger charge is 2.47. The summed E-state index contributed by atoms with van der Waals surface area (Å²) in [5, 5.41) is 7.05. The highest BCUT2D eigenvalue weighted by molar-refractivity contribution is 5.98. The van der Waals surface area contributed by atoms with Gasteiger partial charge in [-0.3, -0.25) is 19.2 Å². The zero-order valence-corrected chi connectivity index (χ0v) is 29.4. The van der Waals surface area contributed by atoms with Crippen LogP contribution in [0.3, 0.4) is 0 Å². The van der Waals surface area contributed by atoms with E-state index >= 15 is 13.2 Å². The van der Waals surface area contributed by atoms with Crippen molar-refractivity contribution in [1.82, 2.24) is 25.4 Å². The van der Waals surface area contributed by atoms with Gasteiger partial charge in [0.25, 0.3) is 5.91 Å². The lowest BCUT2D eigenvalue weighted by Crippen LogP contribution is -2.55. The van der Waals surface area contributed by atoms with Gasteiger partial charge in [0.05, 0.1) is 18.7 Å². The number of hydrogen-bond donors (Lipinski definition) is 3. The molecule has 0 bridgehead atoms. The summed E-state index contributed by atoms with van der Waals surface area (Å²) in [6.07, 6.45) is -4.89. The van der Waals surface area contributed by atoms with Crippen LogP contribution in [0.25, 0.3) is 0 Å². The van der Waals surface area contributed by atoms with Crippen molar-refractivity contribution in [1.29, 1.82) is 0 Å². The molecular formula is C35H44F6N6O5. The minimum atomic E-state index is -4.49. The van der Waals surface area contributed by atoms with E-state index in [1.165, 1.54) is 19.2 Å². The first kappa shape index (κ1) is 40.4. The van der Waals surface area contributed by atoms with E-state index < -0.39 is 83.7 Å². The standard InChI is InChI=1S/C35H44F6N6O5/c1-5-27(48)44-29(32(50)47-16-14-46(3)15-17-47)20(2)22-8-12-26(25(36)18-22)43-31(49)30(21-6-9-23(10-7-21)35(39,40)41)45-33(51)34(37,38)24-11-13-28(52-4)42-19-24/h8,11-13,18-21,23,29-30H,5-7,9-10,14-17H2,1-4H3,(H,43,49)(H,44,48)(H,45,51). The Morgan fingerprint density at radius 1 is 0.962 bits per heavy atom. The molecule has 52 heavy (non-hydrogen) atoms. The Labute approximate surface area is 297 Å². The van der Waals surface area contributed by atoms with Crippen LogP contribution in [0.15, 0.2) is 36.5 Å². The molecule has 1 aliphatic heterocycles. The van der Waals surface area contributed by atoms with Crippen LogP contribution in [0.1, 0.15) is 63.0 Å². The van der Waals surface area contributed by atoms with Crippen molar-refractivity contribution in [2.75, 3.05) is 45.7 Å². The number of nitrogens with zero attached hydrogens (tertiary/aromatic N) is 3. The number of methoxy groups -OCH3 is 1. The molecule has 3 atom stereocenters. The first-order valence-corrected chi connectivity index (χ1v) is 17.1. The van der Waals surface area contributed by atoms with Crippen LogP contribution in [0.5, 0.6) is 5.88 Å². The number of benzene rings is 1. The van der Waals surface area contributed by atoms with E-state index in [9.17, 15) is 32.3 Å². The molecule has 11 nitrogen and oxygen atoms in total. The molecule has 4 rings (SSSR count). The lowest BCUT2D eigenvalue weighted by Gasteiger charge is -2.36. The van der Waals surface area contributed by atoms with Crippen molar-refractivity contribution in [3.05, 3.63) is 53.5 Å². The molecule has 17 heteroatoms. The summed E-state index contributed by atoms with van der Waals surface area (Å²) in [5.41, 5.74) is -0.904. The molecule has 3 unspecified atom stereocenters. The van der Waals surface area contributed by atoms with Gasteiger partial charge in [0, 0.05) is 56.3 Å². The van der Waals surface area contributed by atoms with E-state index in [1.54, 1.807) is 18.7 Å². The summed E-state index contributed by atoms with van der Waals surface area (Å²) in [7, 11) is 3.19. The van der Waals surface area contributed by atoms with Gasteiger partial charge >= 0.3 is 12.1 Å². The first-order chi connectivity index (χ1) is 24.5. The normalized spacial score (nSPS) is 20.3. The van der Waals surface area contributed by atoms with E-state index in [-0.39, 0.29) is 37.0 Å². The van der Waals surface area contributed by atoms with E-state index in [0.717, 1.165) is 24.4 Å². The second kappa shape index (κ2) is 16.9. The number of ether oxygens (including phenoxy) is 1. The topological polar surface area (TPSA) is 133 Å². The average Bonchev–Trinajstić information content (AvgIpc) is 3.12. The molecule has 2 fully saturated rings. The number of halogens is 6. The van der Waals surface area contributed by atoms with E-state index in [0.29, 0.717) is 31.7 Å². The minimum absolute atomic E-state index is 0.00365. The summed E-state index contributed by atoms with van der Waals surface area (Å²) in [4.78, 5) is 59.9. The molecular weight excluding hydrogens is 698 g/mol. The van der Waals surface area contributed by atoms with Gasteiger partial charge in [-0.2, -0.15) is 22.0 Å². The van der Waals surface area contributed by atoms with Gasteiger partial charge in [-0.05, 0) is 62.4 Å². The van der Waals surface area contributed by atoms with Crippen molar-refractivity contribution in [3.8, 4) is 5.88 Å². The van der Waals surface area contributed by atoms with E-state index in [2.05, 4.69) is 20.5 Å². The summed E-state index contributed by atoms with van der Waals surface area (Å²) >= 11 is 0. The fourth-order valence-electron chi connectivity index (χ4n) is 6.45. The second-order valence-corrected chi connectivity index (χ2v) is 13.3. The predicted octanol–water partition coefficient (Wildman–Crippen LogP) is 4.59. The number of anilines is 1. The van der Waals surface area contributed by atoms with Gasteiger partial charge in [-0.25, -0.2) is 9.37 Å². The van der Waals surface area contributed by atoms with Gasteiger partial charge in [-0.15, -0.1) is 0 Å². The zero-order valence-electron chi connectivity index (χ0n) is 29.4. The smallest absolute Gasteiger partial charge is 0.391 e. The molecule has 2 aromatic rings. The van der Waals surface area contributed by atoms with Gasteiger partial charge in [0.1, 0.15) is 17.9 Å². The average molecular weight is 743 g/mol. The fraction of sp³-hybridized carbons (Fsp3) is 0.571. The number of rotatable bonds is 12. The third kappa shape index (κ3) is 9.72. The quantitative estimate of drug-likeness (QED) is 0.271. The lowest BCUT2D eigenvalue weighted by molar-refractivity contribution is -0.184. The molecule has 0 spiro atoms. The molecule has 4 amide bonds. The number of alkyl halides is 5. The SMILES string of the molecule is CCC(=O)NC(C(=O)N1CCN(C)CC1)C(C)c1ccc(NC(=O)C(NC(=O)C(F)(F)c2ccc(OC)nc2)C2CCC(C(F)(F)F)CC2)c(F)c1. The fourth-order valence-corrected chi connectivity index (χ4v) is 6.45. The molecule has 2 aliphatic rings. The first-order valence-electron chi connectivity index (χ1n) is 17.1. The predicted molar refractivity (Wildman–Crippen MR) is 178 cm³/mol. The molecule has 1 saturated carbocycles. The Hall–Kier alpha value is -4.41. The van der Waals surface area contributed by atoms with Gasteiger partial charge in [0.15, 0.2) is 0 Å². The summed E-state index contributed by atoms with van der Waals surface area (Å²) in [6.45, 7) is 5.43. The molecule has 1 aliphatic carbocycles. The van der Waals surface area contributed by atoms with Crippen molar-refractivity contribution >= 4 is 29.3 Å². The minimum Gasteiger partial charge on any atom is -0.481 e. The van der Waals surface area contributed by atoms with Crippen molar-refractivity contribution in [2.24, 2.45) is 11.8 Å². The highest BCUT2D eigenvalue weighted by atomic mass is 19.4. The molecule has 286 valence electrons. The molecule has 1 aromatic carbocycles.